The van der Waals surface area contributed by atoms with Gasteiger partial charge in [-0.25, -0.2) is 4.79 Å². The summed E-state index contributed by atoms with van der Waals surface area (Å²) in [4.78, 5) is 19.8. The molecular weight excluding hydrogens is 176 g/mol. The summed E-state index contributed by atoms with van der Waals surface area (Å²) >= 11 is 0. The smallest absolute Gasteiger partial charge is 0.431 e. The highest BCUT2D eigenvalue weighted by atomic mass is 17.5. The van der Waals surface area contributed by atoms with Crippen LogP contribution in [0.2, 0.25) is 0 Å². The summed E-state index contributed by atoms with van der Waals surface area (Å²) in [7, 11) is 0. The van der Waals surface area contributed by atoms with E-state index in [4.69, 9.17) is 4.74 Å². The van der Waals surface area contributed by atoms with Gasteiger partial charge in [-0.3, -0.25) is 0 Å². The standard InChI is InChI=1S/C8H12O5/c1-4-6(3)10-7(9)11-8(5-2)12-13-8/h5-6H,2,4H2,1,3H3. The second-order valence-electron chi connectivity index (χ2n) is 2.66. The third-order valence-corrected chi connectivity index (χ3v) is 1.60. The molecule has 1 heterocycles. The van der Waals surface area contributed by atoms with E-state index in [1.807, 2.05) is 6.92 Å². The molecule has 1 saturated heterocycles. The maximum Gasteiger partial charge on any atom is 0.513 e. The third-order valence-electron chi connectivity index (χ3n) is 1.60. The Labute approximate surface area is 76.1 Å². The lowest BCUT2D eigenvalue weighted by Gasteiger charge is -2.10. The van der Waals surface area contributed by atoms with Gasteiger partial charge >= 0.3 is 12.1 Å². The van der Waals surface area contributed by atoms with Crippen molar-refractivity contribution in [2.75, 3.05) is 0 Å². The first-order valence-electron chi connectivity index (χ1n) is 4.02. The lowest BCUT2D eigenvalue weighted by atomic mass is 10.3. The molecule has 1 rings (SSSR count). The Balaban J connectivity index is 2.29. The molecule has 13 heavy (non-hydrogen) atoms. The Morgan fingerprint density at radius 2 is 2.31 bits per heavy atom. The molecule has 0 saturated carbocycles. The topological polar surface area (TPSA) is 60.6 Å². The Hall–Kier alpha value is -1.07. The molecule has 1 atom stereocenters. The van der Waals surface area contributed by atoms with Crippen LogP contribution in [0.4, 0.5) is 4.79 Å². The maximum absolute atomic E-state index is 11.0. The summed E-state index contributed by atoms with van der Waals surface area (Å²) in [6.45, 7) is 7.02. The first kappa shape index (κ1) is 10.0. The van der Waals surface area contributed by atoms with E-state index >= 15 is 0 Å². The molecule has 0 N–H and O–H groups in total. The fraction of sp³-hybridized carbons (Fsp3) is 0.625. The predicted octanol–water partition coefficient (Wildman–Crippen LogP) is 1.74. The van der Waals surface area contributed by atoms with E-state index in [2.05, 4.69) is 21.1 Å². The molecule has 0 aromatic rings. The van der Waals surface area contributed by atoms with Crippen LogP contribution in [0.5, 0.6) is 0 Å². The van der Waals surface area contributed by atoms with Gasteiger partial charge in [-0.15, -0.1) is 9.78 Å². The molecule has 5 nitrogen and oxygen atoms in total. The van der Waals surface area contributed by atoms with Crippen LogP contribution in [0.15, 0.2) is 12.7 Å². The molecule has 0 spiro atoms. The molecule has 0 radical (unpaired) electrons. The van der Waals surface area contributed by atoms with E-state index in [1.165, 1.54) is 6.08 Å². The molecule has 1 fully saturated rings. The van der Waals surface area contributed by atoms with Crippen molar-refractivity contribution in [3.63, 3.8) is 0 Å². The van der Waals surface area contributed by atoms with E-state index in [1.54, 1.807) is 6.92 Å². The SMILES string of the molecule is C=CC1(OC(=O)OC(C)CC)OO1. The molecule has 1 aliphatic heterocycles. The van der Waals surface area contributed by atoms with Gasteiger partial charge in [0.2, 0.25) is 0 Å². The number of carbonyl (C=O) groups excluding carboxylic acids is 1. The fourth-order valence-corrected chi connectivity index (χ4v) is 0.573. The van der Waals surface area contributed by atoms with Gasteiger partial charge in [-0.05, 0) is 13.3 Å². The van der Waals surface area contributed by atoms with E-state index in [0.29, 0.717) is 0 Å². The van der Waals surface area contributed by atoms with Gasteiger partial charge in [-0.1, -0.05) is 13.5 Å². The summed E-state index contributed by atoms with van der Waals surface area (Å²) in [5.74, 6) is -1.41. The summed E-state index contributed by atoms with van der Waals surface area (Å²) in [6.07, 6.45) is 0.933. The van der Waals surface area contributed by atoms with Crippen LogP contribution in [0, 0.1) is 0 Å². The Bertz CT molecular complexity index is 209. The minimum absolute atomic E-state index is 0.187. The molecule has 0 aromatic carbocycles. The molecule has 0 amide bonds. The van der Waals surface area contributed by atoms with Crippen molar-refractivity contribution in [3.8, 4) is 0 Å². The van der Waals surface area contributed by atoms with Gasteiger partial charge in [-0.2, -0.15) is 0 Å². The summed E-state index contributed by atoms with van der Waals surface area (Å²) in [5.41, 5.74) is 0. The van der Waals surface area contributed by atoms with Crippen LogP contribution in [0.3, 0.4) is 0 Å². The molecule has 0 bridgehead atoms. The van der Waals surface area contributed by atoms with Gasteiger partial charge < -0.3 is 9.47 Å². The van der Waals surface area contributed by atoms with Crippen molar-refractivity contribution in [3.05, 3.63) is 12.7 Å². The Kier molecular flexibility index (Phi) is 2.90. The summed E-state index contributed by atoms with van der Waals surface area (Å²) in [6, 6.07) is 0. The van der Waals surface area contributed by atoms with Crippen molar-refractivity contribution in [2.45, 2.75) is 32.3 Å². The van der Waals surface area contributed by atoms with Gasteiger partial charge in [0.25, 0.3) is 0 Å². The number of ether oxygens (including phenoxy) is 2. The number of carbonyl (C=O) groups is 1. The number of rotatable bonds is 4. The predicted molar refractivity (Wildman–Crippen MR) is 42.4 cm³/mol. The highest BCUT2D eigenvalue weighted by Crippen LogP contribution is 2.32. The van der Waals surface area contributed by atoms with Crippen molar-refractivity contribution in [1.29, 1.82) is 0 Å². The highest BCUT2D eigenvalue weighted by molar-refractivity contribution is 5.60. The molecule has 1 unspecified atom stereocenters. The van der Waals surface area contributed by atoms with Crippen LogP contribution in [-0.2, 0) is 19.2 Å². The normalized spacial score (nSPS) is 20.2. The zero-order valence-corrected chi connectivity index (χ0v) is 7.61. The third kappa shape index (κ3) is 2.71. The van der Waals surface area contributed by atoms with Gasteiger partial charge in [0.1, 0.15) is 6.10 Å². The van der Waals surface area contributed by atoms with Crippen LogP contribution >= 0.6 is 0 Å². The monoisotopic (exact) mass is 188 g/mol. The zero-order chi connectivity index (χ0) is 9.90. The average molecular weight is 188 g/mol. The second-order valence-corrected chi connectivity index (χ2v) is 2.66. The van der Waals surface area contributed by atoms with Crippen LogP contribution < -0.4 is 0 Å². The van der Waals surface area contributed by atoms with Crippen molar-refractivity contribution in [1.82, 2.24) is 0 Å². The number of hydrogen-bond acceptors (Lipinski definition) is 5. The fourth-order valence-electron chi connectivity index (χ4n) is 0.573. The molecule has 0 aromatic heterocycles. The summed E-state index contributed by atoms with van der Waals surface area (Å²) < 4.78 is 9.46. The van der Waals surface area contributed by atoms with Crippen molar-refractivity contribution >= 4 is 6.16 Å². The first-order chi connectivity index (χ1) is 6.12. The maximum atomic E-state index is 11.0. The van der Waals surface area contributed by atoms with Crippen LogP contribution in [-0.4, -0.2) is 18.2 Å². The van der Waals surface area contributed by atoms with E-state index in [0.717, 1.165) is 6.42 Å². The van der Waals surface area contributed by atoms with Gasteiger partial charge in [0.15, 0.2) is 0 Å². The molecule has 1 aliphatic rings. The molecule has 0 aliphatic carbocycles. The molecular formula is C8H12O5. The van der Waals surface area contributed by atoms with Gasteiger partial charge in [0.05, 0.1) is 0 Å². The average Bonchev–Trinajstić information content (AvgIpc) is 2.85. The minimum Gasteiger partial charge on any atom is -0.431 e. The van der Waals surface area contributed by atoms with E-state index < -0.39 is 12.1 Å². The first-order valence-corrected chi connectivity index (χ1v) is 4.02. The Morgan fingerprint density at radius 3 is 2.69 bits per heavy atom. The molecule has 5 heteroatoms. The van der Waals surface area contributed by atoms with Gasteiger partial charge in [0, 0.05) is 6.08 Å². The lowest BCUT2D eigenvalue weighted by molar-refractivity contribution is -0.0307. The Morgan fingerprint density at radius 1 is 1.69 bits per heavy atom. The zero-order valence-electron chi connectivity index (χ0n) is 7.61. The largest absolute Gasteiger partial charge is 0.513 e. The van der Waals surface area contributed by atoms with Crippen molar-refractivity contribution in [2.24, 2.45) is 0 Å². The minimum atomic E-state index is -1.41. The lowest BCUT2D eigenvalue weighted by Crippen LogP contribution is -2.22. The van der Waals surface area contributed by atoms with Crippen LogP contribution in [0.25, 0.3) is 0 Å². The van der Waals surface area contributed by atoms with E-state index in [9.17, 15) is 4.79 Å². The second kappa shape index (κ2) is 3.76. The number of hydrogen-bond donors (Lipinski definition) is 0. The summed E-state index contributed by atoms with van der Waals surface area (Å²) in [5, 5.41) is 0. The molecule has 74 valence electrons. The highest BCUT2D eigenvalue weighted by Gasteiger charge is 2.51. The quantitative estimate of drug-likeness (QED) is 0.291. The van der Waals surface area contributed by atoms with E-state index in [-0.39, 0.29) is 6.10 Å². The van der Waals surface area contributed by atoms with Crippen molar-refractivity contribution < 1.29 is 24.0 Å². The van der Waals surface area contributed by atoms with Crippen LogP contribution in [0.1, 0.15) is 20.3 Å².